The molecule has 0 spiro atoms. The van der Waals surface area contributed by atoms with Crippen molar-refractivity contribution in [1.82, 2.24) is 4.90 Å². The van der Waals surface area contributed by atoms with E-state index in [1.165, 1.54) is 11.1 Å². The topological polar surface area (TPSA) is 20.3 Å². The number of hydrogen-bond acceptors (Lipinski definition) is 2. The van der Waals surface area contributed by atoms with Crippen molar-refractivity contribution in [3.63, 3.8) is 0 Å². The Labute approximate surface area is 162 Å². The lowest BCUT2D eigenvalue weighted by Gasteiger charge is -2.21. The second-order valence-corrected chi connectivity index (χ2v) is 7.39. The minimum Gasteiger partial charge on any atom is -0.302 e. The molecule has 3 aromatic carbocycles. The molecule has 0 saturated heterocycles. The maximum Gasteiger partial charge on any atom is 0.193 e. The predicted molar refractivity (Wildman–Crippen MR) is 112 cm³/mol. The largest absolute Gasteiger partial charge is 0.302 e. The Morgan fingerprint density at radius 3 is 2.11 bits per heavy atom. The van der Waals surface area contributed by atoms with Crippen molar-refractivity contribution in [3.05, 3.63) is 107 Å². The van der Waals surface area contributed by atoms with Crippen molar-refractivity contribution in [3.8, 4) is 0 Å². The Hall–Kier alpha value is -2.71. The van der Waals surface area contributed by atoms with Crippen LogP contribution in [0.15, 0.2) is 84.9 Å². The Balaban J connectivity index is 1.59. The highest BCUT2D eigenvalue weighted by atomic mass is 16.1. The summed E-state index contributed by atoms with van der Waals surface area (Å²) in [5, 5.41) is 0. The van der Waals surface area contributed by atoms with E-state index >= 15 is 0 Å². The van der Waals surface area contributed by atoms with E-state index in [4.69, 9.17) is 0 Å². The molecule has 0 bridgehead atoms. The van der Waals surface area contributed by atoms with E-state index in [1.807, 2.05) is 48.5 Å². The summed E-state index contributed by atoms with van der Waals surface area (Å²) in [7, 11) is 2.17. The van der Waals surface area contributed by atoms with E-state index in [9.17, 15) is 4.79 Å². The number of nitrogens with zero attached hydrogens (tertiary/aromatic N) is 1. The third kappa shape index (κ3) is 5.63. The number of carbonyl (C=O) groups excluding carboxylic acids is 1. The van der Waals surface area contributed by atoms with Gasteiger partial charge in [0.05, 0.1) is 0 Å². The Bertz CT molecular complexity index is 858. The van der Waals surface area contributed by atoms with Crippen molar-refractivity contribution < 1.29 is 4.79 Å². The van der Waals surface area contributed by atoms with E-state index in [1.54, 1.807) is 0 Å². The molecule has 1 unspecified atom stereocenters. The van der Waals surface area contributed by atoms with Crippen LogP contribution in [0.1, 0.15) is 34.0 Å². The first-order valence-electron chi connectivity index (χ1n) is 9.53. The van der Waals surface area contributed by atoms with Crippen LogP contribution < -0.4 is 0 Å². The second-order valence-electron chi connectivity index (χ2n) is 7.39. The van der Waals surface area contributed by atoms with Crippen LogP contribution in [0.25, 0.3) is 0 Å². The molecule has 0 N–H and O–H groups in total. The normalized spacial score (nSPS) is 12.1. The third-order valence-corrected chi connectivity index (χ3v) is 4.73. The third-order valence-electron chi connectivity index (χ3n) is 4.73. The number of benzene rings is 3. The van der Waals surface area contributed by atoms with Gasteiger partial charge in [0, 0.05) is 24.2 Å². The predicted octanol–water partition coefficient (Wildman–Crippen LogP) is 5.23. The molecule has 0 radical (unpaired) electrons. The van der Waals surface area contributed by atoms with E-state index in [0.717, 1.165) is 30.6 Å². The van der Waals surface area contributed by atoms with Crippen LogP contribution in [-0.2, 0) is 13.0 Å². The molecule has 0 amide bonds. The Kier molecular flexibility index (Phi) is 6.56. The zero-order valence-electron chi connectivity index (χ0n) is 16.1. The van der Waals surface area contributed by atoms with Crippen LogP contribution in [0, 0.1) is 5.92 Å². The van der Waals surface area contributed by atoms with Gasteiger partial charge in [-0.3, -0.25) is 4.79 Å². The molecule has 0 fully saturated rings. The summed E-state index contributed by atoms with van der Waals surface area (Å²) in [5.41, 5.74) is 4.06. The molecule has 3 rings (SSSR count). The lowest BCUT2D eigenvalue weighted by molar-refractivity contribution is 0.103. The quantitative estimate of drug-likeness (QED) is 0.515. The van der Waals surface area contributed by atoms with Crippen molar-refractivity contribution in [1.29, 1.82) is 0 Å². The minimum absolute atomic E-state index is 0.0892. The molecule has 0 heterocycles. The highest BCUT2D eigenvalue weighted by molar-refractivity contribution is 6.09. The maximum absolute atomic E-state index is 12.7. The molecule has 0 saturated carbocycles. The van der Waals surface area contributed by atoms with Crippen LogP contribution in [0.3, 0.4) is 0 Å². The van der Waals surface area contributed by atoms with Crippen molar-refractivity contribution in [2.75, 3.05) is 13.6 Å². The standard InChI is InChI=1S/C25H27NO/c1-20(18-26(2)19-21-10-5-3-6-11-21)16-22-12-9-15-24(17-22)25(27)23-13-7-4-8-14-23/h3-15,17,20H,16,18-19H2,1-2H3. The molecule has 3 aromatic rings. The fraction of sp³-hybridized carbons (Fsp3) is 0.240. The molecular formula is C25H27NO. The summed E-state index contributed by atoms with van der Waals surface area (Å²) >= 11 is 0. The molecule has 0 aliphatic rings. The molecule has 2 heteroatoms. The van der Waals surface area contributed by atoms with Crippen molar-refractivity contribution >= 4 is 5.78 Å². The fourth-order valence-corrected chi connectivity index (χ4v) is 3.55. The maximum atomic E-state index is 12.7. The Morgan fingerprint density at radius 2 is 1.41 bits per heavy atom. The molecule has 0 aliphatic heterocycles. The lowest BCUT2D eigenvalue weighted by atomic mass is 9.96. The molecule has 138 valence electrons. The first kappa shape index (κ1) is 19.1. The SMILES string of the molecule is CC(Cc1cccc(C(=O)c2ccccc2)c1)CN(C)Cc1ccccc1. The molecular weight excluding hydrogens is 330 g/mol. The van der Waals surface area contributed by atoms with E-state index in [0.29, 0.717) is 5.92 Å². The first-order valence-corrected chi connectivity index (χ1v) is 9.53. The smallest absolute Gasteiger partial charge is 0.193 e. The molecule has 0 aliphatic carbocycles. The van der Waals surface area contributed by atoms with Gasteiger partial charge in [-0.2, -0.15) is 0 Å². The van der Waals surface area contributed by atoms with Crippen LogP contribution >= 0.6 is 0 Å². The van der Waals surface area contributed by atoms with Gasteiger partial charge in [-0.25, -0.2) is 0 Å². The second kappa shape index (κ2) is 9.29. The molecule has 0 aromatic heterocycles. The van der Waals surface area contributed by atoms with Crippen molar-refractivity contribution in [2.45, 2.75) is 19.9 Å². The molecule has 2 nitrogen and oxygen atoms in total. The lowest BCUT2D eigenvalue weighted by Crippen LogP contribution is -2.25. The van der Waals surface area contributed by atoms with Crippen LogP contribution in [0.2, 0.25) is 0 Å². The van der Waals surface area contributed by atoms with Crippen LogP contribution in [0.4, 0.5) is 0 Å². The van der Waals surface area contributed by atoms with Gasteiger partial charge in [0.15, 0.2) is 5.78 Å². The average molecular weight is 357 g/mol. The van der Waals surface area contributed by atoms with E-state index < -0.39 is 0 Å². The minimum atomic E-state index is 0.0892. The number of ketones is 1. The summed E-state index contributed by atoms with van der Waals surface area (Å²) in [4.78, 5) is 15.0. The van der Waals surface area contributed by atoms with Gasteiger partial charge < -0.3 is 4.90 Å². The molecule has 27 heavy (non-hydrogen) atoms. The van der Waals surface area contributed by atoms with Crippen molar-refractivity contribution in [2.24, 2.45) is 5.92 Å². The highest BCUT2D eigenvalue weighted by Crippen LogP contribution is 2.16. The van der Waals surface area contributed by atoms with Gasteiger partial charge in [-0.1, -0.05) is 85.8 Å². The zero-order valence-corrected chi connectivity index (χ0v) is 16.1. The number of carbonyl (C=O) groups is 1. The summed E-state index contributed by atoms with van der Waals surface area (Å²) in [6, 6.07) is 28.1. The summed E-state index contributed by atoms with van der Waals surface area (Å²) in [6.45, 7) is 4.25. The van der Waals surface area contributed by atoms with Gasteiger partial charge >= 0.3 is 0 Å². The molecule has 1 atom stereocenters. The van der Waals surface area contributed by atoms with Gasteiger partial charge in [0.25, 0.3) is 0 Å². The fourth-order valence-electron chi connectivity index (χ4n) is 3.55. The van der Waals surface area contributed by atoms with Gasteiger partial charge in [-0.05, 0) is 36.6 Å². The van der Waals surface area contributed by atoms with Gasteiger partial charge in [0.1, 0.15) is 0 Å². The highest BCUT2D eigenvalue weighted by Gasteiger charge is 2.12. The Morgan fingerprint density at radius 1 is 0.815 bits per heavy atom. The average Bonchev–Trinajstić information content (AvgIpc) is 2.69. The van der Waals surface area contributed by atoms with E-state index in [2.05, 4.69) is 55.3 Å². The van der Waals surface area contributed by atoms with Crippen LogP contribution in [-0.4, -0.2) is 24.3 Å². The first-order chi connectivity index (χ1) is 13.1. The van der Waals surface area contributed by atoms with Gasteiger partial charge in [-0.15, -0.1) is 0 Å². The summed E-state index contributed by atoms with van der Waals surface area (Å²) in [6.07, 6.45) is 0.967. The number of rotatable bonds is 8. The summed E-state index contributed by atoms with van der Waals surface area (Å²) in [5.74, 6) is 0.604. The van der Waals surface area contributed by atoms with Crippen LogP contribution in [0.5, 0.6) is 0 Å². The zero-order chi connectivity index (χ0) is 19.1. The van der Waals surface area contributed by atoms with Gasteiger partial charge in [0.2, 0.25) is 0 Å². The number of hydrogen-bond donors (Lipinski definition) is 0. The summed E-state index contributed by atoms with van der Waals surface area (Å²) < 4.78 is 0. The van der Waals surface area contributed by atoms with E-state index in [-0.39, 0.29) is 5.78 Å². The monoisotopic (exact) mass is 357 g/mol.